The van der Waals surface area contributed by atoms with Crippen LogP contribution in [0.25, 0.3) is 0 Å². The third-order valence-corrected chi connectivity index (χ3v) is 4.49. The first-order chi connectivity index (χ1) is 8.64. The first kappa shape index (κ1) is 12.0. The molecule has 0 radical (unpaired) electrons. The minimum atomic E-state index is -0.290. The van der Waals surface area contributed by atoms with Gasteiger partial charge in [-0.1, -0.05) is 17.7 Å². The average Bonchev–Trinajstić information content (AvgIpc) is 3.16. The maximum Gasteiger partial charge on any atom is 0.233 e. The highest BCUT2D eigenvalue weighted by Crippen LogP contribution is 2.55. The van der Waals surface area contributed by atoms with Crippen LogP contribution in [0, 0.1) is 0 Å². The standard InChI is InChI=1S/C14H17ClN2O/c1-2-17-12(8-16)10-4-3-9(15)7-11(10)14(5-6-14)13(17)18/h3-4,7,12H,2,5-6,8,16H2,1H3. The molecular formula is C14H17ClN2O. The molecule has 1 aliphatic heterocycles. The van der Waals surface area contributed by atoms with E-state index < -0.39 is 0 Å². The molecule has 2 N–H and O–H groups in total. The van der Waals surface area contributed by atoms with Crippen LogP contribution in [0.5, 0.6) is 0 Å². The zero-order valence-electron chi connectivity index (χ0n) is 10.4. The van der Waals surface area contributed by atoms with E-state index in [4.69, 9.17) is 17.3 Å². The Hall–Kier alpha value is -1.06. The second-order valence-electron chi connectivity index (χ2n) is 5.16. The molecular weight excluding hydrogens is 248 g/mol. The summed E-state index contributed by atoms with van der Waals surface area (Å²) in [5.41, 5.74) is 7.87. The number of halogens is 1. The maximum atomic E-state index is 12.6. The molecule has 1 aliphatic carbocycles. The second kappa shape index (κ2) is 3.97. The molecule has 1 unspecified atom stereocenters. The van der Waals surface area contributed by atoms with Crippen LogP contribution in [0.15, 0.2) is 18.2 Å². The summed E-state index contributed by atoms with van der Waals surface area (Å²) < 4.78 is 0. The molecule has 96 valence electrons. The molecule has 4 heteroatoms. The van der Waals surface area contributed by atoms with Crippen LogP contribution in [0.3, 0.4) is 0 Å². The first-order valence-electron chi connectivity index (χ1n) is 6.45. The second-order valence-corrected chi connectivity index (χ2v) is 5.59. The van der Waals surface area contributed by atoms with Crippen molar-refractivity contribution < 1.29 is 4.79 Å². The molecule has 1 aromatic carbocycles. The van der Waals surface area contributed by atoms with E-state index in [1.54, 1.807) is 0 Å². The lowest BCUT2D eigenvalue weighted by Crippen LogP contribution is -2.48. The Bertz CT molecular complexity index is 511. The van der Waals surface area contributed by atoms with Crippen molar-refractivity contribution in [3.8, 4) is 0 Å². The average molecular weight is 265 g/mol. The molecule has 2 aliphatic rings. The van der Waals surface area contributed by atoms with E-state index in [0.717, 1.165) is 18.4 Å². The van der Waals surface area contributed by atoms with Crippen LogP contribution >= 0.6 is 11.6 Å². The molecule has 0 bridgehead atoms. The van der Waals surface area contributed by atoms with E-state index in [1.165, 1.54) is 5.56 Å². The smallest absolute Gasteiger partial charge is 0.233 e. The van der Waals surface area contributed by atoms with E-state index in [0.29, 0.717) is 18.1 Å². The predicted molar refractivity (Wildman–Crippen MR) is 71.5 cm³/mol. The van der Waals surface area contributed by atoms with Gasteiger partial charge in [0, 0.05) is 18.1 Å². The Morgan fingerprint density at radius 2 is 2.22 bits per heavy atom. The van der Waals surface area contributed by atoms with Gasteiger partial charge in [-0.2, -0.15) is 0 Å². The molecule has 1 amide bonds. The van der Waals surface area contributed by atoms with Crippen LogP contribution in [0.2, 0.25) is 5.02 Å². The molecule has 1 atom stereocenters. The van der Waals surface area contributed by atoms with Gasteiger partial charge in [0.25, 0.3) is 0 Å². The normalized spacial score (nSPS) is 24.3. The van der Waals surface area contributed by atoms with Crippen LogP contribution in [0.4, 0.5) is 0 Å². The van der Waals surface area contributed by atoms with Crippen molar-refractivity contribution in [3.05, 3.63) is 34.3 Å². The van der Waals surface area contributed by atoms with Crippen molar-refractivity contribution in [2.75, 3.05) is 13.1 Å². The summed E-state index contributed by atoms with van der Waals surface area (Å²) in [6.45, 7) is 3.19. The number of nitrogens with two attached hydrogens (primary N) is 1. The molecule has 1 aromatic rings. The fraction of sp³-hybridized carbons (Fsp3) is 0.500. The lowest BCUT2D eigenvalue weighted by atomic mass is 9.82. The van der Waals surface area contributed by atoms with Crippen molar-refractivity contribution in [2.45, 2.75) is 31.2 Å². The van der Waals surface area contributed by atoms with Crippen molar-refractivity contribution in [3.63, 3.8) is 0 Å². The molecule has 1 fully saturated rings. The van der Waals surface area contributed by atoms with E-state index in [9.17, 15) is 4.79 Å². The number of nitrogens with zero attached hydrogens (tertiary/aromatic N) is 1. The van der Waals surface area contributed by atoms with Crippen LogP contribution in [0.1, 0.15) is 36.9 Å². The summed E-state index contributed by atoms with van der Waals surface area (Å²) >= 11 is 6.08. The number of likely N-dealkylation sites (N-methyl/N-ethyl adjacent to an activating group) is 1. The Kier molecular flexibility index (Phi) is 2.65. The van der Waals surface area contributed by atoms with Gasteiger partial charge >= 0.3 is 0 Å². The zero-order chi connectivity index (χ0) is 12.9. The summed E-state index contributed by atoms with van der Waals surface area (Å²) in [6, 6.07) is 5.88. The molecule has 0 aromatic heterocycles. The summed E-state index contributed by atoms with van der Waals surface area (Å²) in [5, 5.41) is 0.702. The Morgan fingerprint density at radius 1 is 1.50 bits per heavy atom. The van der Waals surface area contributed by atoms with Gasteiger partial charge < -0.3 is 10.6 Å². The third kappa shape index (κ3) is 1.44. The molecule has 1 heterocycles. The third-order valence-electron chi connectivity index (χ3n) is 4.25. The van der Waals surface area contributed by atoms with Gasteiger partial charge in [-0.25, -0.2) is 0 Å². The number of hydrogen-bond acceptors (Lipinski definition) is 2. The van der Waals surface area contributed by atoms with E-state index >= 15 is 0 Å². The van der Waals surface area contributed by atoms with Crippen LogP contribution < -0.4 is 5.73 Å². The van der Waals surface area contributed by atoms with Gasteiger partial charge in [-0.15, -0.1) is 0 Å². The number of amides is 1. The quantitative estimate of drug-likeness (QED) is 0.890. The van der Waals surface area contributed by atoms with Crippen molar-refractivity contribution in [1.82, 2.24) is 4.90 Å². The van der Waals surface area contributed by atoms with Gasteiger partial charge in [-0.05, 0) is 43.0 Å². The van der Waals surface area contributed by atoms with Crippen molar-refractivity contribution in [2.24, 2.45) is 5.73 Å². The molecule has 3 nitrogen and oxygen atoms in total. The highest BCUT2D eigenvalue weighted by molar-refractivity contribution is 6.30. The zero-order valence-corrected chi connectivity index (χ0v) is 11.2. The maximum absolute atomic E-state index is 12.6. The molecule has 3 rings (SSSR count). The SMILES string of the molecule is CCN1C(=O)C2(CC2)c2cc(Cl)ccc2C1CN. The number of fused-ring (bicyclic) bond motifs is 2. The summed E-state index contributed by atoms with van der Waals surface area (Å²) in [4.78, 5) is 14.5. The summed E-state index contributed by atoms with van der Waals surface area (Å²) in [6.07, 6.45) is 1.87. The van der Waals surface area contributed by atoms with Gasteiger partial charge in [0.15, 0.2) is 0 Å². The lowest BCUT2D eigenvalue weighted by molar-refractivity contribution is -0.137. The van der Waals surface area contributed by atoms with Crippen LogP contribution in [-0.2, 0) is 10.2 Å². The summed E-state index contributed by atoms with van der Waals surface area (Å²) in [5.74, 6) is 0.232. The van der Waals surface area contributed by atoms with Gasteiger partial charge in [0.05, 0.1) is 11.5 Å². The van der Waals surface area contributed by atoms with E-state index in [-0.39, 0.29) is 17.4 Å². The number of hydrogen-bond donors (Lipinski definition) is 1. The number of benzene rings is 1. The summed E-state index contributed by atoms with van der Waals surface area (Å²) in [7, 11) is 0. The van der Waals surface area contributed by atoms with Gasteiger partial charge in [0.1, 0.15) is 0 Å². The minimum Gasteiger partial charge on any atom is -0.334 e. The molecule has 1 spiro atoms. The Labute approximate surface area is 112 Å². The van der Waals surface area contributed by atoms with Crippen molar-refractivity contribution >= 4 is 17.5 Å². The first-order valence-corrected chi connectivity index (χ1v) is 6.83. The fourth-order valence-corrected chi connectivity index (χ4v) is 3.33. The fourth-order valence-electron chi connectivity index (χ4n) is 3.16. The van der Waals surface area contributed by atoms with E-state index in [1.807, 2.05) is 30.0 Å². The highest BCUT2D eigenvalue weighted by Gasteiger charge is 2.57. The number of carbonyl (C=O) groups is 1. The largest absolute Gasteiger partial charge is 0.334 e. The Morgan fingerprint density at radius 3 is 2.78 bits per heavy atom. The highest BCUT2D eigenvalue weighted by atomic mass is 35.5. The number of rotatable bonds is 2. The van der Waals surface area contributed by atoms with Crippen LogP contribution in [-0.4, -0.2) is 23.9 Å². The number of carbonyl (C=O) groups excluding carboxylic acids is 1. The van der Waals surface area contributed by atoms with Gasteiger partial charge in [-0.3, -0.25) is 4.79 Å². The van der Waals surface area contributed by atoms with E-state index in [2.05, 4.69) is 0 Å². The topological polar surface area (TPSA) is 46.3 Å². The molecule has 1 saturated carbocycles. The molecule has 0 saturated heterocycles. The monoisotopic (exact) mass is 264 g/mol. The van der Waals surface area contributed by atoms with Crippen molar-refractivity contribution in [1.29, 1.82) is 0 Å². The molecule has 18 heavy (non-hydrogen) atoms. The van der Waals surface area contributed by atoms with Gasteiger partial charge in [0.2, 0.25) is 5.91 Å². The minimum absolute atomic E-state index is 0.000918. The Balaban J connectivity index is 2.19. The lowest BCUT2D eigenvalue weighted by Gasteiger charge is -2.40. The predicted octanol–water partition coefficient (Wildman–Crippen LogP) is 2.23.